The van der Waals surface area contributed by atoms with Gasteiger partial charge in [0.15, 0.2) is 0 Å². The zero-order valence-electron chi connectivity index (χ0n) is 12.5. The summed E-state index contributed by atoms with van der Waals surface area (Å²) in [5.41, 5.74) is 8.57. The largest absolute Gasteiger partial charge is 0.496 e. The first-order valence-electron chi connectivity index (χ1n) is 7.86. The molecule has 1 aliphatic heterocycles. The maximum Gasteiger partial charge on any atom is 0.123 e. The van der Waals surface area contributed by atoms with Gasteiger partial charge in [-0.05, 0) is 36.5 Å². The number of rotatable bonds is 3. The van der Waals surface area contributed by atoms with Crippen LogP contribution in [0.3, 0.4) is 0 Å². The third-order valence-electron chi connectivity index (χ3n) is 4.98. The molecular weight excluding hydrogens is 248 g/mol. The third-order valence-corrected chi connectivity index (χ3v) is 4.98. The normalized spacial score (nSPS) is 22.2. The molecule has 1 aliphatic carbocycles. The minimum absolute atomic E-state index is 0.629. The number of methoxy groups -OCH3 is 1. The second-order valence-corrected chi connectivity index (χ2v) is 6.63. The molecule has 0 atom stereocenters. The van der Waals surface area contributed by atoms with Gasteiger partial charge >= 0.3 is 0 Å². The quantitative estimate of drug-likeness (QED) is 0.858. The highest BCUT2D eigenvalue weighted by Crippen LogP contribution is 2.43. The molecule has 2 fully saturated rings. The van der Waals surface area contributed by atoms with E-state index in [-0.39, 0.29) is 0 Å². The van der Waals surface area contributed by atoms with E-state index in [1.165, 1.54) is 57.2 Å². The fraction of sp³-hybridized carbons (Fsp3) is 0.647. The number of anilines is 1. The molecular formula is C17H26N2O. The average molecular weight is 274 g/mol. The van der Waals surface area contributed by atoms with Crippen LogP contribution in [0.1, 0.15) is 44.1 Å². The Balaban J connectivity index is 1.62. The summed E-state index contributed by atoms with van der Waals surface area (Å²) in [7, 11) is 1.73. The van der Waals surface area contributed by atoms with Crippen LogP contribution in [0.2, 0.25) is 0 Å². The summed E-state index contributed by atoms with van der Waals surface area (Å²) in [5, 5.41) is 0. The van der Waals surface area contributed by atoms with Crippen molar-refractivity contribution in [1.82, 2.24) is 4.90 Å². The van der Waals surface area contributed by atoms with Gasteiger partial charge in [-0.3, -0.25) is 4.90 Å². The van der Waals surface area contributed by atoms with Crippen molar-refractivity contribution in [3.8, 4) is 5.75 Å². The lowest BCUT2D eigenvalue weighted by molar-refractivity contribution is -0.0179. The van der Waals surface area contributed by atoms with Crippen molar-refractivity contribution in [1.29, 1.82) is 0 Å². The second-order valence-electron chi connectivity index (χ2n) is 6.63. The molecule has 0 unspecified atom stereocenters. The van der Waals surface area contributed by atoms with E-state index in [0.29, 0.717) is 5.41 Å². The lowest BCUT2D eigenvalue weighted by Gasteiger charge is -2.50. The highest BCUT2D eigenvalue weighted by atomic mass is 16.5. The molecule has 0 bridgehead atoms. The van der Waals surface area contributed by atoms with Crippen molar-refractivity contribution in [3.05, 3.63) is 23.8 Å². The molecule has 2 N–H and O–H groups in total. The Morgan fingerprint density at radius 2 is 1.85 bits per heavy atom. The molecule has 2 aliphatic rings. The standard InChI is InChI=1S/C17H26N2O/c1-20-16-7-6-15(18)10-14(16)11-19-12-17(13-19)8-4-2-3-5-9-17/h6-7,10H,2-5,8-9,11-13,18H2,1H3. The summed E-state index contributed by atoms with van der Waals surface area (Å²) in [6.07, 6.45) is 8.58. The molecule has 1 heterocycles. The van der Waals surface area contributed by atoms with Gasteiger partial charge in [-0.1, -0.05) is 25.7 Å². The summed E-state index contributed by atoms with van der Waals surface area (Å²) in [6, 6.07) is 5.94. The Morgan fingerprint density at radius 3 is 2.50 bits per heavy atom. The van der Waals surface area contributed by atoms with Crippen molar-refractivity contribution in [2.45, 2.75) is 45.1 Å². The van der Waals surface area contributed by atoms with Crippen LogP contribution >= 0.6 is 0 Å². The zero-order chi connectivity index (χ0) is 14.0. The number of benzene rings is 1. The topological polar surface area (TPSA) is 38.5 Å². The Bertz CT molecular complexity index is 456. The fourth-order valence-corrected chi connectivity index (χ4v) is 3.97. The molecule has 0 amide bonds. The summed E-state index contributed by atoms with van der Waals surface area (Å²) in [4.78, 5) is 2.54. The molecule has 20 heavy (non-hydrogen) atoms. The molecule has 3 nitrogen and oxygen atoms in total. The maximum atomic E-state index is 5.90. The van der Waals surface area contributed by atoms with Crippen LogP contribution < -0.4 is 10.5 Å². The summed E-state index contributed by atoms with van der Waals surface area (Å²) < 4.78 is 5.44. The van der Waals surface area contributed by atoms with Crippen LogP contribution in [0, 0.1) is 5.41 Å². The molecule has 1 aromatic carbocycles. The zero-order valence-corrected chi connectivity index (χ0v) is 12.5. The van der Waals surface area contributed by atoms with Crippen LogP contribution in [-0.4, -0.2) is 25.1 Å². The predicted molar refractivity (Wildman–Crippen MR) is 82.8 cm³/mol. The molecule has 1 spiro atoms. The third kappa shape index (κ3) is 2.78. The van der Waals surface area contributed by atoms with Gasteiger partial charge in [-0.25, -0.2) is 0 Å². The molecule has 1 saturated heterocycles. The Morgan fingerprint density at radius 1 is 1.15 bits per heavy atom. The van der Waals surface area contributed by atoms with Gasteiger partial charge in [0.25, 0.3) is 0 Å². The monoisotopic (exact) mass is 274 g/mol. The van der Waals surface area contributed by atoms with E-state index in [1.807, 2.05) is 12.1 Å². The van der Waals surface area contributed by atoms with Crippen molar-refractivity contribution in [3.63, 3.8) is 0 Å². The lowest BCUT2D eigenvalue weighted by Crippen LogP contribution is -2.55. The Kier molecular flexibility index (Phi) is 3.88. The highest BCUT2D eigenvalue weighted by Gasteiger charge is 2.42. The highest BCUT2D eigenvalue weighted by molar-refractivity contribution is 5.47. The molecule has 3 heteroatoms. The van der Waals surface area contributed by atoms with Crippen molar-refractivity contribution >= 4 is 5.69 Å². The van der Waals surface area contributed by atoms with Gasteiger partial charge in [-0.15, -0.1) is 0 Å². The van der Waals surface area contributed by atoms with Crippen molar-refractivity contribution < 1.29 is 4.74 Å². The maximum absolute atomic E-state index is 5.90. The van der Waals surface area contributed by atoms with E-state index in [0.717, 1.165) is 18.0 Å². The number of nitrogens with two attached hydrogens (primary N) is 1. The number of likely N-dealkylation sites (tertiary alicyclic amines) is 1. The predicted octanol–water partition coefficient (Wildman–Crippen LogP) is 3.43. The fourth-order valence-electron chi connectivity index (χ4n) is 3.97. The van der Waals surface area contributed by atoms with Crippen LogP contribution in [0.4, 0.5) is 5.69 Å². The van der Waals surface area contributed by atoms with Gasteiger partial charge < -0.3 is 10.5 Å². The summed E-state index contributed by atoms with van der Waals surface area (Å²) in [6.45, 7) is 3.48. The molecule has 0 aromatic heterocycles. The van der Waals surface area contributed by atoms with E-state index >= 15 is 0 Å². The van der Waals surface area contributed by atoms with E-state index < -0.39 is 0 Å². The van der Waals surface area contributed by atoms with Crippen molar-refractivity contribution in [2.75, 3.05) is 25.9 Å². The number of nitrogen functional groups attached to an aromatic ring is 1. The average Bonchev–Trinajstić information content (AvgIpc) is 2.64. The summed E-state index contributed by atoms with van der Waals surface area (Å²) in [5.74, 6) is 0.959. The van der Waals surface area contributed by atoms with Crippen LogP contribution in [0.25, 0.3) is 0 Å². The number of hydrogen-bond acceptors (Lipinski definition) is 3. The van der Waals surface area contributed by atoms with Gasteiger partial charge in [-0.2, -0.15) is 0 Å². The minimum Gasteiger partial charge on any atom is -0.496 e. The molecule has 3 rings (SSSR count). The molecule has 1 aromatic rings. The number of nitrogens with zero attached hydrogens (tertiary/aromatic N) is 1. The Labute approximate surface area is 122 Å². The van der Waals surface area contributed by atoms with Gasteiger partial charge in [0.05, 0.1) is 7.11 Å². The smallest absolute Gasteiger partial charge is 0.123 e. The molecule has 110 valence electrons. The van der Waals surface area contributed by atoms with Gasteiger partial charge in [0.1, 0.15) is 5.75 Å². The van der Waals surface area contributed by atoms with E-state index in [4.69, 9.17) is 10.5 Å². The van der Waals surface area contributed by atoms with E-state index in [9.17, 15) is 0 Å². The number of hydrogen-bond donors (Lipinski definition) is 1. The van der Waals surface area contributed by atoms with Crippen molar-refractivity contribution in [2.24, 2.45) is 5.41 Å². The lowest BCUT2D eigenvalue weighted by atomic mass is 9.73. The van der Waals surface area contributed by atoms with Crippen LogP contribution in [0.15, 0.2) is 18.2 Å². The first-order chi connectivity index (χ1) is 9.71. The SMILES string of the molecule is COc1ccc(N)cc1CN1CC2(CCCCCC2)C1. The van der Waals surface area contributed by atoms with E-state index in [2.05, 4.69) is 11.0 Å². The first-order valence-corrected chi connectivity index (χ1v) is 7.86. The molecule has 1 saturated carbocycles. The molecule has 0 radical (unpaired) electrons. The van der Waals surface area contributed by atoms with Crippen LogP contribution in [0.5, 0.6) is 5.75 Å². The Hall–Kier alpha value is -1.22. The van der Waals surface area contributed by atoms with E-state index in [1.54, 1.807) is 7.11 Å². The summed E-state index contributed by atoms with van der Waals surface area (Å²) >= 11 is 0. The van der Waals surface area contributed by atoms with Gasteiger partial charge in [0.2, 0.25) is 0 Å². The number of ether oxygens (including phenoxy) is 1. The minimum atomic E-state index is 0.629. The van der Waals surface area contributed by atoms with Gasteiger partial charge in [0, 0.05) is 30.9 Å². The second kappa shape index (κ2) is 5.65. The first kappa shape index (κ1) is 13.7. The van der Waals surface area contributed by atoms with Crippen LogP contribution in [-0.2, 0) is 6.54 Å².